The number of benzene rings is 1. The molecule has 1 unspecified atom stereocenters. The minimum atomic E-state index is -0.163. The molecular weight excluding hydrogens is 466 g/mol. The number of methoxy groups -OCH3 is 1. The summed E-state index contributed by atoms with van der Waals surface area (Å²) in [4.78, 5) is 21.1. The van der Waals surface area contributed by atoms with Crippen molar-refractivity contribution in [1.29, 1.82) is 0 Å². The minimum Gasteiger partial charge on any atom is -0.493 e. The summed E-state index contributed by atoms with van der Waals surface area (Å²) in [6, 6.07) is 10.1. The van der Waals surface area contributed by atoms with E-state index in [9.17, 15) is 4.79 Å². The number of pyridine rings is 1. The topological polar surface area (TPSA) is 91.7 Å². The second kappa shape index (κ2) is 10.7. The van der Waals surface area contributed by atoms with Gasteiger partial charge in [-0.2, -0.15) is 10.2 Å². The Morgan fingerprint density at radius 2 is 1.81 bits per heavy atom. The lowest BCUT2D eigenvalue weighted by Crippen LogP contribution is -2.44. The molecule has 0 bridgehead atoms. The van der Waals surface area contributed by atoms with Gasteiger partial charge in [-0.15, -0.1) is 0 Å². The van der Waals surface area contributed by atoms with E-state index in [2.05, 4.69) is 67.1 Å². The second-order valence-electron chi connectivity index (χ2n) is 9.84. The summed E-state index contributed by atoms with van der Waals surface area (Å²) in [6.45, 7) is 11.2. The third-order valence-electron chi connectivity index (χ3n) is 7.34. The van der Waals surface area contributed by atoms with Crippen molar-refractivity contribution in [2.75, 3.05) is 27.7 Å². The lowest BCUT2D eigenvalue weighted by atomic mass is 9.93. The van der Waals surface area contributed by atoms with Crippen molar-refractivity contribution in [3.63, 3.8) is 0 Å². The monoisotopic (exact) mass is 503 g/mol. The number of likely N-dealkylation sites (N-methyl/N-ethyl adjacent to an activating group) is 2. The number of rotatable bonds is 9. The van der Waals surface area contributed by atoms with Crippen LogP contribution in [0.15, 0.2) is 42.9 Å². The van der Waals surface area contributed by atoms with Gasteiger partial charge < -0.3 is 9.64 Å². The number of carbonyl (C=O) groups is 1. The minimum absolute atomic E-state index is 0.0435. The Morgan fingerprint density at radius 1 is 1.11 bits per heavy atom. The van der Waals surface area contributed by atoms with Crippen LogP contribution in [0.1, 0.15) is 57.7 Å². The third-order valence-corrected chi connectivity index (χ3v) is 7.34. The molecule has 0 aliphatic carbocycles. The van der Waals surface area contributed by atoms with Crippen molar-refractivity contribution in [2.24, 2.45) is 0 Å². The van der Waals surface area contributed by atoms with Gasteiger partial charge in [0, 0.05) is 24.4 Å². The zero-order valence-electron chi connectivity index (χ0n) is 23.0. The zero-order chi connectivity index (χ0) is 26.9. The molecule has 0 spiro atoms. The Kier molecular flexibility index (Phi) is 7.63. The molecule has 196 valence electrons. The molecule has 37 heavy (non-hydrogen) atoms. The molecule has 0 aliphatic rings. The maximum atomic E-state index is 13.0. The van der Waals surface area contributed by atoms with Crippen LogP contribution in [0.3, 0.4) is 0 Å². The summed E-state index contributed by atoms with van der Waals surface area (Å²) in [5, 5.41) is 12.3. The normalized spacial score (nSPS) is 13.4. The Balaban J connectivity index is 1.65. The van der Waals surface area contributed by atoms with E-state index in [4.69, 9.17) is 9.84 Å². The van der Waals surface area contributed by atoms with Gasteiger partial charge in [-0.3, -0.25) is 14.8 Å². The fourth-order valence-corrected chi connectivity index (χ4v) is 4.63. The number of ether oxygens (including phenoxy) is 1. The van der Waals surface area contributed by atoms with Crippen molar-refractivity contribution in [3.05, 3.63) is 54.0 Å². The number of amides is 1. The van der Waals surface area contributed by atoms with Crippen LogP contribution >= 0.6 is 0 Å². The van der Waals surface area contributed by atoms with Crippen molar-refractivity contribution >= 4 is 11.6 Å². The van der Waals surface area contributed by atoms with Crippen LogP contribution in [0.2, 0.25) is 0 Å². The first-order valence-corrected chi connectivity index (χ1v) is 12.7. The quantitative estimate of drug-likeness (QED) is 0.354. The third kappa shape index (κ3) is 4.96. The van der Waals surface area contributed by atoms with E-state index in [0.717, 1.165) is 40.2 Å². The summed E-state index contributed by atoms with van der Waals surface area (Å²) in [5.41, 5.74) is 6.64. The predicted octanol–water partition coefficient (Wildman–Crippen LogP) is 4.78. The molecule has 1 N–H and O–H groups in total. The van der Waals surface area contributed by atoms with E-state index in [1.165, 1.54) is 6.33 Å². The summed E-state index contributed by atoms with van der Waals surface area (Å²) in [5.74, 6) is 0.979. The van der Waals surface area contributed by atoms with Crippen LogP contribution < -0.4 is 4.74 Å². The maximum absolute atomic E-state index is 13.0. The van der Waals surface area contributed by atoms with Crippen molar-refractivity contribution in [3.8, 4) is 28.3 Å². The zero-order valence-corrected chi connectivity index (χ0v) is 23.0. The van der Waals surface area contributed by atoms with Crippen molar-refractivity contribution in [1.82, 2.24) is 34.6 Å². The first-order chi connectivity index (χ1) is 17.7. The summed E-state index contributed by atoms with van der Waals surface area (Å²) >= 11 is 0. The molecule has 2 atom stereocenters. The van der Waals surface area contributed by atoms with Gasteiger partial charge >= 0.3 is 0 Å². The van der Waals surface area contributed by atoms with E-state index < -0.39 is 0 Å². The molecule has 0 fully saturated rings. The number of nitrogens with one attached hydrogen (secondary N) is 1. The van der Waals surface area contributed by atoms with E-state index in [1.54, 1.807) is 11.6 Å². The molecular formula is C28H37N7O2. The maximum Gasteiger partial charge on any atom is 0.239 e. The van der Waals surface area contributed by atoms with E-state index in [0.29, 0.717) is 11.4 Å². The van der Waals surface area contributed by atoms with Gasteiger partial charge in [0.2, 0.25) is 5.91 Å². The predicted molar refractivity (Wildman–Crippen MR) is 146 cm³/mol. The highest BCUT2D eigenvalue weighted by Gasteiger charge is 2.25. The number of hydrogen-bond acceptors (Lipinski definition) is 6. The van der Waals surface area contributed by atoms with Gasteiger partial charge in [0.25, 0.3) is 0 Å². The molecule has 0 saturated heterocycles. The highest BCUT2D eigenvalue weighted by atomic mass is 16.5. The lowest BCUT2D eigenvalue weighted by Gasteiger charge is -2.31. The molecule has 0 saturated carbocycles. The van der Waals surface area contributed by atoms with Gasteiger partial charge in [0.05, 0.1) is 30.6 Å². The molecule has 0 aliphatic heterocycles. The number of H-pyrrole nitrogens is 1. The summed E-state index contributed by atoms with van der Waals surface area (Å²) in [7, 11) is 5.48. The molecule has 1 amide bonds. The number of fused-ring (bicyclic) bond motifs is 1. The fourth-order valence-electron chi connectivity index (χ4n) is 4.63. The Labute approximate surface area is 218 Å². The molecule has 4 rings (SSSR count). The SMILES string of the molecule is CCN(C)C(C)C(=O)N(C)[C@@H](C)c1ccc(-c2[nH]nc(-c3cc(OC)c4ncnn4c3)c2C(C)C)cc1. The van der Waals surface area contributed by atoms with Crippen molar-refractivity contribution in [2.45, 2.75) is 52.6 Å². The first-order valence-electron chi connectivity index (χ1n) is 12.7. The van der Waals surface area contributed by atoms with Gasteiger partial charge in [-0.1, -0.05) is 45.0 Å². The van der Waals surface area contributed by atoms with Crippen LogP contribution in [-0.2, 0) is 4.79 Å². The standard InChI is InChI=1S/C28H37N7O2/c1-9-33(6)19(5)28(36)34(7)18(4)20-10-12-21(13-11-20)25-24(17(2)3)26(32-31-25)22-14-23(37-8)27-29-16-30-35(27)15-22/h10-19H,9H2,1-8H3,(H,31,32)/t18-,19?/m0/s1. The summed E-state index contributed by atoms with van der Waals surface area (Å²) in [6.07, 6.45) is 3.43. The Morgan fingerprint density at radius 3 is 2.43 bits per heavy atom. The van der Waals surface area contributed by atoms with Gasteiger partial charge in [-0.05, 0) is 50.6 Å². The molecule has 4 aromatic rings. The van der Waals surface area contributed by atoms with Gasteiger partial charge in [0.15, 0.2) is 11.4 Å². The van der Waals surface area contributed by atoms with E-state index in [1.807, 2.05) is 43.1 Å². The van der Waals surface area contributed by atoms with Gasteiger partial charge in [-0.25, -0.2) is 9.50 Å². The number of carbonyl (C=O) groups excluding carboxylic acids is 1. The summed E-state index contributed by atoms with van der Waals surface area (Å²) < 4.78 is 7.26. The van der Waals surface area contributed by atoms with Crippen LogP contribution in [0, 0.1) is 0 Å². The number of aromatic amines is 1. The van der Waals surface area contributed by atoms with Crippen LogP contribution in [0.4, 0.5) is 0 Å². The molecule has 9 heteroatoms. The van der Waals surface area contributed by atoms with Gasteiger partial charge in [0.1, 0.15) is 6.33 Å². The van der Waals surface area contributed by atoms with E-state index in [-0.39, 0.29) is 23.9 Å². The Hall–Kier alpha value is -3.72. The average Bonchev–Trinajstić information content (AvgIpc) is 3.58. The lowest BCUT2D eigenvalue weighted by molar-refractivity contribution is -0.136. The molecule has 3 aromatic heterocycles. The van der Waals surface area contributed by atoms with Crippen LogP contribution in [-0.4, -0.2) is 74.3 Å². The fraction of sp³-hybridized carbons (Fsp3) is 0.429. The van der Waals surface area contributed by atoms with Crippen molar-refractivity contribution < 1.29 is 9.53 Å². The molecule has 3 heterocycles. The average molecular weight is 504 g/mol. The van der Waals surface area contributed by atoms with Crippen LogP contribution in [0.25, 0.3) is 28.2 Å². The highest BCUT2D eigenvalue weighted by molar-refractivity contribution is 5.82. The second-order valence-corrected chi connectivity index (χ2v) is 9.84. The Bertz CT molecular complexity index is 1370. The molecule has 1 aromatic carbocycles. The molecule has 0 radical (unpaired) electrons. The number of hydrogen-bond donors (Lipinski definition) is 1. The van der Waals surface area contributed by atoms with Crippen LogP contribution in [0.5, 0.6) is 5.75 Å². The number of nitrogens with zero attached hydrogens (tertiary/aromatic N) is 6. The van der Waals surface area contributed by atoms with E-state index >= 15 is 0 Å². The first kappa shape index (κ1) is 26.3. The molecule has 9 nitrogen and oxygen atoms in total. The largest absolute Gasteiger partial charge is 0.493 e. The highest BCUT2D eigenvalue weighted by Crippen LogP contribution is 2.37. The number of aromatic nitrogens is 5. The smallest absolute Gasteiger partial charge is 0.239 e.